The zero-order valence-corrected chi connectivity index (χ0v) is 15.6. The van der Waals surface area contributed by atoms with Crippen molar-refractivity contribution in [1.82, 2.24) is 15.1 Å². The molecule has 0 bridgehead atoms. The standard InChI is InChI=1S/C19H21N3O2S/c1-12(2)16(18(23)22(3)4)25-19-21-20-17(24-19)15-10-9-13-7-5-6-8-14(13)11-15/h5-12,16H,1-4H3/t16-/m0/s1. The van der Waals surface area contributed by atoms with Gasteiger partial charge < -0.3 is 9.32 Å². The van der Waals surface area contributed by atoms with E-state index in [9.17, 15) is 4.79 Å². The Balaban J connectivity index is 1.84. The molecule has 1 aromatic heterocycles. The second-order valence-corrected chi connectivity index (χ2v) is 7.54. The number of nitrogens with zero attached hydrogens (tertiary/aromatic N) is 3. The van der Waals surface area contributed by atoms with Crippen molar-refractivity contribution in [3.8, 4) is 11.5 Å². The van der Waals surface area contributed by atoms with Gasteiger partial charge in [-0.15, -0.1) is 10.2 Å². The first-order chi connectivity index (χ1) is 12.0. The lowest BCUT2D eigenvalue weighted by molar-refractivity contribution is -0.128. The zero-order valence-electron chi connectivity index (χ0n) is 14.8. The van der Waals surface area contributed by atoms with Crippen molar-refractivity contribution >= 4 is 28.4 Å². The van der Waals surface area contributed by atoms with Crippen molar-refractivity contribution in [3.05, 3.63) is 42.5 Å². The van der Waals surface area contributed by atoms with Crippen LogP contribution < -0.4 is 0 Å². The van der Waals surface area contributed by atoms with E-state index in [1.807, 2.05) is 44.2 Å². The second-order valence-electron chi connectivity index (χ2n) is 6.45. The summed E-state index contributed by atoms with van der Waals surface area (Å²) in [5, 5.41) is 10.7. The summed E-state index contributed by atoms with van der Waals surface area (Å²) in [5.74, 6) is 0.675. The van der Waals surface area contributed by atoms with E-state index < -0.39 is 0 Å². The molecule has 0 fully saturated rings. The number of amides is 1. The predicted octanol–water partition coefficient (Wildman–Crippen LogP) is 4.09. The minimum Gasteiger partial charge on any atom is -0.411 e. The van der Waals surface area contributed by atoms with Crippen molar-refractivity contribution in [3.63, 3.8) is 0 Å². The van der Waals surface area contributed by atoms with Crippen molar-refractivity contribution in [1.29, 1.82) is 0 Å². The van der Waals surface area contributed by atoms with E-state index in [2.05, 4.69) is 22.3 Å². The van der Waals surface area contributed by atoms with Crippen LogP contribution in [-0.2, 0) is 4.79 Å². The summed E-state index contributed by atoms with van der Waals surface area (Å²) in [4.78, 5) is 13.9. The Morgan fingerprint density at radius 2 is 1.80 bits per heavy atom. The first kappa shape index (κ1) is 17.5. The van der Waals surface area contributed by atoms with Gasteiger partial charge in [-0.25, -0.2) is 0 Å². The Morgan fingerprint density at radius 3 is 2.48 bits per heavy atom. The molecule has 0 aliphatic heterocycles. The second kappa shape index (κ2) is 7.27. The van der Waals surface area contributed by atoms with Gasteiger partial charge >= 0.3 is 0 Å². The molecule has 6 heteroatoms. The molecule has 3 aromatic rings. The summed E-state index contributed by atoms with van der Waals surface area (Å²) >= 11 is 1.32. The quantitative estimate of drug-likeness (QED) is 0.645. The summed E-state index contributed by atoms with van der Waals surface area (Å²) in [6, 6.07) is 14.2. The monoisotopic (exact) mass is 355 g/mol. The average Bonchev–Trinajstić information content (AvgIpc) is 3.07. The summed E-state index contributed by atoms with van der Waals surface area (Å²) < 4.78 is 5.80. The minimum atomic E-state index is -0.250. The van der Waals surface area contributed by atoms with Gasteiger partial charge in [-0.2, -0.15) is 0 Å². The lowest BCUT2D eigenvalue weighted by Gasteiger charge is -2.21. The van der Waals surface area contributed by atoms with Crippen LogP contribution in [0.5, 0.6) is 0 Å². The normalized spacial score (nSPS) is 12.5. The number of thioether (sulfide) groups is 1. The van der Waals surface area contributed by atoms with Crippen LogP contribution in [0.15, 0.2) is 52.1 Å². The third kappa shape index (κ3) is 3.85. The summed E-state index contributed by atoms with van der Waals surface area (Å²) in [5.41, 5.74) is 0.873. The van der Waals surface area contributed by atoms with E-state index >= 15 is 0 Å². The van der Waals surface area contributed by atoms with Gasteiger partial charge in [-0.1, -0.05) is 55.9 Å². The number of carbonyl (C=O) groups is 1. The summed E-state index contributed by atoms with van der Waals surface area (Å²) in [7, 11) is 3.51. The van der Waals surface area contributed by atoms with E-state index in [0.29, 0.717) is 11.1 Å². The highest BCUT2D eigenvalue weighted by molar-refractivity contribution is 8.00. The molecule has 0 aliphatic carbocycles. The molecule has 0 saturated heterocycles. The largest absolute Gasteiger partial charge is 0.411 e. The molecule has 0 radical (unpaired) electrons. The van der Waals surface area contributed by atoms with E-state index in [1.165, 1.54) is 11.8 Å². The average molecular weight is 355 g/mol. The minimum absolute atomic E-state index is 0.0467. The van der Waals surface area contributed by atoms with Crippen LogP contribution in [0.25, 0.3) is 22.2 Å². The topological polar surface area (TPSA) is 59.2 Å². The molecule has 25 heavy (non-hydrogen) atoms. The van der Waals surface area contributed by atoms with Gasteiger partial charge in [-0.3, -0.25) is 4.79 Å². The molecule has 5 nitrogen and oxygen atoms in total. The van der Waals surface area contributed by atoms with Gasteiger partial charge in [0.1, 0.15) is 0 Å². The van der Waals surface area contributed by atoms with Crippen LogP contribution >= 0.6 is 11.8 Å². The molecule has 0 N–H and O–H groups in total. The van der Waals surface area contributed by atoms with Gasteiger partial charge in [-0.05, 0) is 28.8 Å². The zero-order chi connectivity index (χ0) is 18.0. The molecule has 0 unspecified atom stereocenters. The number of carbonyl (C=O) groups excluding carboxylic acids is 1. The maximum absolute atomic E-state index is 12.3. The fourth-order valence-electron chi connectivity index (χ4n) is 2.53. The third-order valence-corrected chi connectivity index (χ3v) is 5.29. The van der Waals surface area contributed by atoms with Crippen LogP contribution in [0.2, 0.25) is 0 Å². The van der Waals surface area contributed by atoms with Crippen molar-refractivity contribution in [2.24, 2.45) is 5.92 Å². The Kier molecular flexibility index (Phi) is 5.08. The third-order valence-electron chi connectivity index (χ3n) is 3.92. The van der Waals surface area contributed by atoms with Crippen LogP contribution in [-0.4, -0.2) is 40.3 Å². The van der Waals surface area contributed by atoms with E-state index in [1.54, 1.807) is 19.0 Å². The first-order valence-electron chi connectivity index (χ1n) is 8.16. The summed E-state index contributed by atoms with van der Waals surface area (Å²) in [6.45, 7) is 4.03. The summed E-state index contributed by atoms with van der Waals surface area (Å²) in [6.07, 6.45) is 0. The van der Waals surface area contributed by atoms with Gasteiger partial charge in [0.2, 0.25) is 11.8 Å². The highest BCUT2D eigenvalue weighted by atomic mass is 32.2. The molecule has 0 spiro atoms. The van der Waals surface area contributed by atoms with Gasteiger partial charge in [0.25, 0.3) is 5.22 Å². The molecule has 3 rings (SSSR count). The molecule has 1 atom stereocenters. The molecule has 130 valence electrons. The first-order valence-corrected chi connectivity index (χ1v) is 9.04. The highest BCUT2D eigenvalue weighted by Crippen LogP contribution is 2.31. The number of fused-ring (bicyclic) bond motifs is 1. The molecular formula is C19H21N3O2S. The van der Waals surface area contributed by atoms with Crippen LogP contribution in [0.4, 0.5) is 0 Å². The Bertz CT molecular complexity index is 889. The lowest BCUT2D eigenvalue weighted by Crippen LogP contribution is -2.34. The fraction of sp³-hybridized carbons (Fsp3) is 0.316. The van der Waals surface area contributed by atoms with E-state index in [0.717, 1.165) is 16.3 Å². The number of hydrogen-bond acceptors (Lipinski definition) is 5. The van der Waals surface area contributed by atoms with Crippen LogP contribution in [0.3, 0.4) is 0 Å². The number of rotatable bonds is 5. The van der Waals surface area contributed by atoms with Crippen molar-refractivity contribution in [2.75, 3.05) is 14.1 Å². The van der Waals surface area contributed by atoms with Gasteiger partial charge in [0.15, 0.2) is 0 Å². The van der Waals surface area contributed by atoms with E-state index in [4.69, 9.17) is 4.42 Å². The smallest absolute Gasteiger partial charge is 0.277 e. The molecule has 2 aromatic carbocycles. The fourth-order valence-corrected chi connectivity index (χ4v) is 3.55. The maximum Gasteiger partial charge on any atom is 0.277 e. The van der Waals surface area contributed by atoms with Crippen LogP contribution in [0.1, 0.15) is 13.8 Å². The Hall–Kier alpha value is -2.34. The molecule has 1 heterocycles. The van der Waals surface area contributed by atoms with Crippen molar-refractivity contribution in [2.45, 2.75) is 24.3 Å². The lowest BCUT2D eigenvalue weighted by atomic mass is 10.1. The van der Waals surface area contributed by atoms with Gasteiger partial charge in [0, 0.05) is 19.7 Å². The van der Waals surface area contributed by atoms with Crippen molar-refractivity contribution < 1.29 is 9.21 Å². The Labute approximate surface area is 151 Å². The highest BCUT2D eigenvalue weighted by Gasteiger charge is 2.27. The molecule has 0 aliphatic rings. The van der Waals surface area contributed by atoms with Crippen LogP contribution in [0, 0.1) is 5.92 Å². The van der Waals surface area contributed by atoms with E-state index in [-0.39, 0.29) is 17.1 Å². The number of hydrogen-bond donors (Lipinski definition) is 0. The molecular weight excluding hydrogens is 334 g/mol. The number of aromatic nitrogens is 2. The molecule has 0 saturated carbocycles. The molecule has 1 amide bonds. The Morgan fingerprint density at radius 1 is 1.08 bits per heavy atom. The maximum atomic E-state index is 12.3. The SMILES string of the molecule is CC(C)[C@H](Sc1nnc(-c2ccc3ccccc3c2)o1)C(=O)N(C)C. The van der Waals surface area contributed by atoms with Gasteiger partial charge in [0.05, 0.1) is 5.25 Å². The predicted molar refractivity (Wildman–Crippen MR) is 100 cm³/mol. The number of benzene rings is 2.